The van der Waals surface area contributed by atoms with Crippen molar-refractivity contribution in [2.45, 2.75) is 26.7 Å². The van der Waals surface area contributed by atoms with Crippen LogP contribution in [0.4, 0.5) is 0 Å². The van der Waals surface area contributed by atoms with E-state index in [-0.39, 0.29) is 11.7 Å². The van der Waals surface area contributed by atoms with Gasteiger partial charge >= 0.3 is 0 Å². The van der Waals surface area contributed by atoms with Crippen LogP contribution in [0.2, 0.25) is 0 Å². The molecule has 0 fully saturated rings. The Morgan fingerprint density at radius 1 is 1.00 bits per heavy atom. The van der Waals surface area contributed by atoms with Gasteiger partial charge in [-0.15, -0.1) is 0 Å². The second-order valence-corrected chi connectivity index (χ2v) is 6.55. The molecule has 0 heterocycles. The molecule has 0 aliphatic carbocycles. The van der Waals surface area contributed by atoms with Crippen molar-refractivity contribution in [2.75, 3.05) is 20.7 Å². The molecular weight excluding hydrogens is 338 g/mol. The Morgan fingerprint density at radius 2 is 1.67 bits per heavy atom. The fourth-order valence-electron chi connectivity index (χ4n) is 2.59. The van der Waals surface area contributed by atoms with E-state index in [1.165, 1.54) is 10.5 Å². The first-order chi connectivity index (χ1) is 13.0. The lowest BCUT2D eigenvalue weighted by Gasteiger charge is -2.10. The lowest BCUT2D eigenvalue weighted by Crippen LogP contribution is -2.21. The SMILES string of the molecule is CCCOc1ccc(CC)cc1/C=C/C(=O)c1ccc(C(=O)N(C)C)cc1. The molecule has 0 saturated heterocycles. The molecule has 2 aromatic carbocycles. The van der Waals surface area contributed by atoms with E-state index in [4.69, 9.17) is 4.74 Å². The summed E-state index contributed by atoms with van der Waals surface area (Å²) in [5.74, 6) is 0.589. The molecule has 2 aromatic rings. The maximum atomic E-state index is 12.5. The first-order valence-corrected chi connectivity index (χ1v) is 9.26. The molecule has 27 heavy (non-hydrogen) atoms. The maximum absolute atomic E-state index is 12.5. The zero-order valence-corrected chi connectivity index (χ0v) is 16.5. The van der Waals surface area contributed by atoms with Gasteiger partial charge in [-0.25, -0.2) is 0 Å². The molecule has 2 rings (SSSR count). The molecule has 4 heteroatoms. The van der Waals surface area contributed by atoms with Crippen molar-refractivity contribution in [1.29, 1.82) is 0 Å². The number of amides is 1. The number of ether oxygens (including phenoxy) is 1. The van der Waals surface area contributed by atoms with Gasteiger partial charge in [-0.2, -0.15) is 0 Å². The molecule has 0 spiro atoms. The second-order valence-electron chi connectivity index (χ2n) is 6.55. The maximum Gasteiger partial charge on any atom is 0.253 e. The molecule has 0 N–H and O–H groups in total. The summed E-state index contributed by atoms with van der Waals surface area (Å²) in [6, 6.07) is 12.8. The van der Waals surface area contributed by atoms with Crippen molar-refractivity contribution in [2.24, 2.45) is 0 Å². The molecule has 0 unspecified atom stereocenters. The number of hydrogen-bond acceptors (Lipinski definition) is 3. The smallest absolute Gasteiger partial charge is 0.253 e. The van der Waals surface area contributed by atoms with Crippen LogP contribution in [0.25, 0.3) is 6.08 Å². The van der Waals surface area contributed by atoms with Gasteiger partial charge in [-0.3, -0.25) is 9.59 Å². The number of carbonyl (C=O) groups is 2. The number of ketones is 1. The van der Waals surface area contributed by atoms with Gasteiger partial charge < -0.3 is 9.64 Å². The monoisotopic (exact) mass is 365 g/mol. The Labute approximate surface area is 161 Å². The Bertz CT molecular complexity index is 820. The highest BCUT2D eigenvalue weighted by atomic mass is 16.5. The van der Waals surface area contributed by atoms with Crippen LogP contribution in [0.5, 0.6) is 5.75 Å². The van der Waals surface area contributed by atoms with E-state index in [0.29, 0.717) is 17.7 Å². The van der Waals surface area contributed by atoms with Crippen LogP contribution in [0.15, 0.2) is 48.5 Å². The normalized spacial score (nSPS) is 10.8. The number of hydrogen-bond donors (Lipinski definition) is 0. The zero-order chi connectivity index (χ0) is 19.8. The van der Waals surface area contributed by atoms with Crippen LogP contribution in [0.3, 0.4) is 0 Å². The predicted octanol–water partition coefficient (Wildman–Crippen LogP) is 4.64. The van der Waals surface area contributed by atoms with Crippen LogP contribution in [0.1, 0.15) is 52.1 Å². The van der Waals surface area contributed by atoms with Gasteiger partial charge in [0.1, 0.15) is 5.75 Å². The highest BCUT2D eigenvalue weighted by molar-refractivity contribution is 6.07. The Balaban J connectivity index is 2.19. The van der Waals surface area contributed by atoms with Crippen LogP contribution in [-0.4, -0.2) is 37.3 Å². The Kier molecular flexibility index (Phi) is 7.35. The van der Waals surface area contributed by atoms with Crippen LogP contribution in [-0.2, 0) is 6.42 Å². The largest absolute Gasteiger partial charge is 0.493 e. The van der Waals surface area contributed by atoms with Crippen molar-refractivity contribution in [3.63, 3.8) is 0 Å². The first-order valence-electron chi connectivity index (χ1n) is 9.26. The van der Waals surface area contributed by atoms with Crippen LogP contribution in [0, 0.1) is 0 Å². The predicted molar refractivity (Wildman–Crippen MR) is 109 cm³/mol. The summed E-state index contributed by atoms with van der Waals surface area (Å²) < 4.78 is 5.78. The minimum atomic E-state index is -0.109. The average Bonchev–Trinajstić information content (AvgIpc) is 2.70. The van der Waals surface area contributed by atoms with Crippen molar-refractivity contribution in [1.82, 2.24) is 4.90 Å². The third kappa shape index (κ3) is 5.55. The number of nitrogens with zero attached hydrogens (tertiary/aromatic N) is 1. The minimum absolute atomic E-state index is 0.0846. The summed E-state index contributed by atoms with van der Waals surface area (Å²) in [5, 5.41) is 0. The number of allylic oxidation sites excluding steroid dienone is 1. The molecule has 0 aromatic heterocycles. The number of benzene rings is 2. The van der Waals surface area contributed by atoms with Crippen LogP contribution < -0.4 is 4.74 Å². The number of aryl methyl sites for hydroxylation is 1. The fourth-order valence-corrected chi connectivity index (χ4v) is 2.59. The minimum Gasteiger partial charge on any atom is -0.493 e. The van der Waals surface area contributed by atoms with Gasteiger partial charge in [0, 0.05) is 30.8 Å². The van der Waals surface area contributed by atoms with Crippen LogP contribution >= 0.6 is 0 Å². The second kappa shape index (κ2) is 9.72. The number of rotatable bonds is 8. The fraction of sp³-hybridized carbons (Fsp3) is 0.304. The van der Waals surface area contributed by atoms with Crippen molar-refractivity contribution >= 4 is 17.8 Å². The molecule has 0 saturated carbocycles. The first kappa shape index (κ1) is 20.4. The van der Waals surface area contributed by atoms with E-state index >= 15 is 0 Å². The standard InChI is InChI=1S/C23H27NO3/c1-5-15-27-22-14-7-17(6-2)16-20(22)12-13-21(25)18-8-10-19(11-9-18)23(26)24(3)4/h7-14,16H,5-6,15H2,1-4H3/b13-12+. The van der Waals surface area contributed by atoms with E-state index in [9.17, 15) is 9.59 Å². The Morgan fingerprint density at radius 3 is 2.26 bits per heavy atom. The molecule has 0 aliphatic heterocycles. The van der Waals surface area contributed by atoms with Gasteiger partial charge in [0.25, 0.3) is 5.91 Å². The number of carbonyl (C=O) groups excluding carboxylic acids is 2. The lowest BCUT2D eigenvalue weighted by molar-refractivity contribution is 0.0827. The summed E-state index contributed by atoms with van der Waals surface area (Å²) in [5.41, 5.74) is 3.20. The lowest BCUT2D eigenvalue weighted by atomic mass is 10.0. The third-order valence-corrected chi connectivity index (χ3v) is 4.18. The van der Waals surface area contributed by atoms with Gasteiger partial charge in [-0.05, 0) is 54.8 Å². The molecule has 0 radical (unpaired) electrons. The van der Waals surface area contributed by atoms with Gasteiger partial charge in [0.15, 0.2) is 5.78 Å². The summed E-state index contributed by atoms with van der Waals surface area (Å²) in [6.07, 6.45) is 5.20. The molecule has 142 valence electrons. The summed E-state index contributed by atoms with van der Waals surface area (Å²) >= 11 is 0. The Hall–Kier alpha value is -2.88. The van der Waals surface area contributed by atoms with E-state index in [1.54, 1.807) is 50.5 Å². The molecule has 1 amide bonds. The average molecular weight is 365 g/mol. The molecule has 0 atom stereocenters. The van der Waals surface area contributed by atoms with E-state index in [1.807, 2.05) is 18.2 Å². The molecular formula is C23H27NO3. The molecule has 4 nitrogen and oxygen atoms in total. The summed E-state index contributed by atoms with van der Waals surface area (Å²) in [4.78, 5) is 25.9. The van der Waals surface area contributed by atoms with E-state index in [0.717, 1.165) is 24.2 Å². The van der Waals surface area contributed by atoms with E-state index < -0.39 is 0 Å². The van der Waals surface area contributed by atoms with Gasteiger partial charge in [0.05, 0.1) is 6.61 Å². The summed E-state index contributed by atoms with van der Waals surface area (Å²) in [7, 11) is 3.40. The quantitative estimate of drug-likeness (QED) is 0.506. The van der Waals surface area contributed by atoms with Crippen molar-refractivity contribution in [3.8, 4) is 5.75 Å². The highest BCUT2D eigenvalue weighted by Gasteiger charge is 2.09. The highest BCUT2D eigenvalue weighted by Crippen LogP contribution is 2.23. The zero-order valence-electron chi connectivity index (χ0n) is 16.5. The van der Waals surface area contributed by atoms with Crippen molar-refractivity contribution < 1.29 is 14.3 Å². The topological polar surface area (TPSA) is 46.6 Å². The molecule has 0 bridgehead atoms. The molecule has 0 aliphatic rings. The van der Waals surface area contributed by atoms with Gasteiger partial charge in [-0.1, -0.05) is 32.0 Å². The summed E-state index contributed by atoms with van der Waals surface area (Å²) in [6.45, 7) is 4.79. The third-order valence-electron chi connectivity index (χ3n) is 4.18. The van der Waals surface area contributed by atoms with Crippen molar-refractivity contribution in [3.05, 3.63) is 70.8 Å². The van der Waals surface area contributed by atoms with Gasteiger partial charge in [0.2, 0.25) is 0 Å². The van der Waals surface area contributed by atoms with E-state index in [2.05, 4.69) is 13.8 Å².